The number of amides is 2. The number of β-amino-alcohol motifs (C(OH)–C–C–N with tert-alkyl or cyclic N) is 1. The molecule has 2 amide bonds. The van der Waals surface area contributed by atoms with E-state index in [1.807, 2.05) is 6.92 Å². The molecule has 48 heavy (non-hydrogen) atoms. The van der Waals surface area contributed by atoms with Crippen molar-refractivity contribution in [2.45, 2.75) is 36.8 Å². The van der Waals surface area contributed by atoms with Crippen molar-refractivity contribution in [3.63, 3.8) is 0 Å². The van der Waals surface area contributed by atoms with E-state index in [-0.39, 0.29) is 23.6 Å². The van der Waals surface area contributed by atoms with Gasteiger partial charge in [0.2, 0.25) is 0 Å². The van der Waals surface area contributed by atoms with Crippen molar-refractivity contribution in [1.29, 1.82) is 0 Å². The maximum Gasteiger partial charge on any atom is 0.323 e. The zero-order valence-electron chi connectivity index (χ0n) is 26.8. The lowest BCUT2D eigenvalue weighted by atomic mass is 10.1. The minimum Gasteiger partial charge on any atom is -0.468 e. The second-order valence-corrected chi connectivity index (χ2v) is 13.7. The molecule has 0 radical (unpaired) electrons. The molecule has 0 spiro atoms. The van der Waals surface area contributed by atoms with E-state index in [1.165, 1.54) is 24.2 Å². The number of hydrogen-bond acceptors (Lipinski definition) is 9. The highest BCUT2D eigenvalue weighted by molar-refractivity contribution is 7.94. The van der Waals surface area contributed by atoms with Crippen LogP contribution in [-0.2, 0) is 26.3 Å². The molecule has 2 aromatic heterocycles. The monoisotopic (exact) mass is 668 g/mol. The Morgan fingerprint density at radius 1 is 1.06 bits per heavy atom. The van der Waals surface area contributed by atoms with Gasteiger partial charge in [0.05, 0.1) is 34.2 Å². The number of carbonyl (C=O) groups excluding carboxylic acids is 3. The van der Waals surface area contributed by atoms with E-state index in [0.29, 0.717) is 46.9 Å². The molecule has 1 saturated heterocycles. The largest absolute Gasteiger partial charge is 0.468 e. The maximum atomic E-state index is 14.3. The van der Waals surface area contributed by atoms with Crippen LogP contribution in [0.4, 0.5) is 5.69 Å². The summed E-state index contributed by atoms with van der Waals surface area (Å²) >= 11 is 0. The van der Waals surface area contributed by atoms with Crippen LogP contribution in [0.15, 0.2) is 88.4 Å². The van der Waals surface area contributed by atoms with Gasteiger partial charge in [-0.15, -0.1) is 0 Å². The summed E-state index contributed by atoms with van der Waals surface area (Å²) in [6.45, 7) is 2.48. The second kappa shape index (κ2) is 15.2. The van der Waals surface area contributed by atoms with Gasteiger partial charge >= 0.3 is 5.97 Å². The Balaban J connectivity index is 1.32. The average Bonchev–Trinajstić information content (AvgIpc) is 3.63. The van der Waals surface area contributed by atoms with Crippen molar-refractivity contribution < 1.29 is 28.4 Å². The van der Waals surface area contributed by atoms with Crippen LogP contribution in [0.25, 0.3) is 0 Å². The van der Waals surface area contributed by atoms with Gasteiger partial charge in [0, 0.05) is 66.4 Å². The molecule has 248 valence electrons. The van der Waals surface area contributed by atoms with Gasteiger partial charge in [-0.05, 0) is 55.8 Å². The van der Waals surface area contributed by atoms with E-state index in [4.69, 9.17) is 4.74 Å². The van der Waals surface area contributed by atoms with E-state index in [9.17, 15) is 23.7 Å². The number of aliphatic hydroxyl groups excluding tert-OH is 1. The Morgan fingerprint density at radius 2 is 1.83 bits per heavy atom. The van der Waals surface area contributed by atoms with E-state index in [2.05, 4.69) is 31.6 Å². The lowest BCUT2D eigenvalue weighted by Gasteiger charge is -2.22. The first-order chi connectivity index (χ1) is 23.0. The van der Waals surface area contributed by atoms with Gasteiger partial charge in [-0.3, -0.25) is 28.9 Å². The molecule has 0 bridgehead atoms. The summed E-state index contributed by atoms with van der Waals surface area (Å²) in [5.41, 5.74) is 2.93. The van der Waals surface area contributed by atoms with E-state index >= 15 is 0 Å². The van der Waals surface area contributed by atoms with Gasteiger partial charge in [0.15, 0.2) is 0 Å². The summed E-state index contributed by atoms with van der Waals surface area (Å²) < 4.78 is 24.9. The van der Waals surface area contributed by atoms with E-state index < -0.39 is 33.8 Å². The normalized spacial score (nSPS) is 17.1. The molecule has 2 N–H and O–H groups in total. The molecule has 0 unspecified atom stereocenters. The van der Waals surface area contributed by atoms with Crippen LogP contribution >= 0.6 is 0 Å². The third-order valence-electron chi connectivity index (χ3n) is 7.75. The number of aliphatic hydroxyl groups is 1. The van der Waals surface area contributed by atoms with E-state index in [0.717, 1.165) is 5.69 Å². The number of methoxy groups -OCH3 is 1. The third-order valence-corrected chi connectivity index (χ3v) is 10.1. The fraction of sp³-hybridized carbons (Fsp3) is 0.286. The van der Waals surface area contributed by atoms with Crippen molar-refractivity contribution in [2.24, 2.45) is 11.4 Å². The topological polar surface area (TPSA) is 156 Å². The van der Waals surface area contributed by atoms with Crippen molar-refractivity contribution >= 4 is 33.2 Å². The number of aryl methyl sites for hydroxylation is 2. The number of rotatable bonds is 9. The number of ether oxygens (including phenoxy) is 1. The van der Waals surface area contributed by atoms with Crippen LogP contribution in [0.5, 0.6) is 0 Å². The molecule has 4 aromatic rings. The quantitative estimate of drug-likeness (QED) is 0.202. The van der Waals surface area contributed by atoms with Gasteiger partial charge in [-0.25, -0.2) is 4.21 Å². The van der Waals surface area contributed by atoms with Crippen molar-refractivity contribution in [1.82, 2.24) is 19.7 Å². The number of nitrogens with zero attached hydrogens (tertiary/aromatic N) is 5. The maximum absolute atomic E-state index is 14.3. The molecule has 1 aliphatic heterocycles. The lowest BCUT2D eigenvalue weighted by molar-refractivity contribution is -0.145. The zero-order chi connectivity index (χ0) is 34.3. The Morgan fingerprint density at radius 3 is 2.56 bits per heavy atom. The molecule has 12 nitrogen and oxygen atoms in total. The number of esters is 1. The van der Waals surface area contributed by atoms with Crippen LogP contribution < -0.4 is 5.32 Å². The highest BCUT2D eigenvalue weighted by Gasteiger charge is 2.36. The molecule has 3 heterocycles. The smallest absolute Gasteiger partial charge is 0.323 e. The summed E-state index contributed by atoms with van der Waals surface area (Å²) in [7, 11) is -0.194. The average molecular weight is 669 g/mol. The van der Waals surface area contributed by atoms with Crippen molar-refractivity contribution in [2.75, 3.05) is 31.3 Å². The fourth-order valence-corrected chi connectivity index (χ4v) is 7.38. The Hall–Kier alpha value is -5.16. The summed E-state index contributed by atoms with van der Waals surface area (Å²) in [4.78, 5) is 44.7. The summed E-state index contributed by atoms with van der Waals surface area (Å²) in [5.74, 6) is 4.66. The minimum atomic E-state index is -3.20. The molecule has 0 saturated carbocycles. The van der Waals surface area contributed by atoms with Gasteiger partial charge in [0.25, 0.3) is 11.8 Å². The standard InChI is InChI=1S/C35H36N6O6S/c1-24-17-31(40(2)38-24)34(44)37-28-10-7-9-25(19-28)13-14-26-18-27(22-36-21-26)33(43)39-48(46,30-11-5-4-6-12-30)16-8-15-41-23-29(42)20-32(41)35(45)47-3/h4-7,9-12,17-19,21-22,29,32,42H,8,15-16,20,23H2,1-3H3,(H,37,44)/t29-,32+,48-/m0/s1. The first-order valence-corrected chi connectivity index (χ1v) is 17.0. The van der Waals surface area contributed by atoms with Crippen molar-refractivity contribution in [3.8, 4) is 11.8 Å². The first-order valence-electron chi connectivity index (χ1n) is 15.3. The molecular formula is C35H36N6O6S. The lowest BCUT2D eigenvalue weighted by Crippen LogP contribution is -2.38. The fourth-order valence-electron chi connectivity index (χ4n) is 5.47. The molecular weight excluding hydrogens is 632 g/mol. The molecule has 5 rings (SSSR count). The van der Waals surface area contributed by atoms with Crippen LogP contribution in [0.3, 0.4) is 0 Å². The molecule has 1 fully saturated rings. The predicted molar refractivity (Wildman–Crippen MR) is 180 cm³/mol. The number of aromatic nitrogens is 3. The number of pyridine rings is 1. The molecule has 2 aromatic carbocycles. The Labute approximate surface area is 279 Å². The number of likely N-dealkylation sites (tertiary alicyclic amines) is 1. The third kappa shape index (κ3) is 8.40. The molecule has 1 aliphatic rings. The summed E-state index contributed by atoms with van der Waals surface area (Å²) in [6.07, 6.45) is 2.83. The van der Waals surface area contributed by atoms with Crippen LogP contribution in [0.2, 0.25) is 0 Å². The van der Waals surface area contributed by atoms with Gasteiger partial charge in [0.1, 0.15) is 11.7 Å². The van der Waals surface area contributed by atoms with Gasteiger partial charge < -0.3 is 15.2 Å². The minimum absolute atomic E-state index is 0.0588. The van der Waals surface area contributed by atoms with Crippen LogP contribution in [0.1, 0.15) is 50.5 Å². The summed E-state index contributed by atoms with van der Waals surface area (Å²) in [6, 6.07) is 18.3. The molecule has 13 heteroatoms. The van der Waals surface area contributed by atoms with Crippen LogP contribution in [0, 0.1) is 18.8 Å². The first kappa shape index (κ1) is 34.2. The predicted octanol–water partition coefficient (Wildman–Crippen LogP) is 3.44. The number of carbonyl (C=O) groups is 3. The van der Waals surface area contributed by atoms with Crippen molar-refractivity contribution in [3.05, 3.63) is 107 Å². The number of anilines is 1. The van der Waals surface area contributed by atoms with Crippen LogP contribution in [-0.4, -0.2) is 84.9 Å². The van der Waals surface area contributed by atoms with Gasteiger partial charge in [-0.1, -0.05) is 36.1 Å². The van der Waals surface area contributed by atoms with E-state index in [1.54, 1.807) is 78.7 Å². The zero-order valence-corrected chi connectivity index (χ0v) is 27.6. The Kier molecular flexibility index (Phi) is 10.8. The SMILES string of the molecule is COC(=O)[C@H]1C[C@H](O)CN1CCC[S@@](=O)(=NC(=O)c1cncc(C#Cc2cccc(NC(=O)c3cc(C)nn3C)c2)c1)c1ccccc1. The molecule has 3 atom stereocenters. The number of nitrogens with one attached hydrogen (secondary N) is 1. The highest BCUT2D eigenvalue weighted by atomic mass is 32.2. The Bertz CT molecular complexity index is 2010. The molecule has 0 aliphatic carbocycles. The van der Waals surface area contributed by atoms with Gasteiger partial charge in [-0.2, -0.15) is 9.46 Å². The highest BCUT2D eigenvalue weighted by Crippen LogP contribution is 2.22. The number of hydrogen-bond donors (Lipinski definition) is 2. The summed E-state index contributed by atoms with van der Waals surface area (Å²) in [5, 5.41) is 17.2. The second-order valence-electron chi connectivity index (χ2n) is 11.4. The number of benzene rings is 2.